The van der Waals surface area contributed by atoms with E-state index < -0.39 is 136 Å². The Hall–Kier alpha value is -1.25. The molecule has 0 saturated carbocycles. The molecule has 3 heterocycles. The van der Waals surface area contributed by atoms with E-state index in [1.807, 2.05) is 0 Å². The zero-order valence-corrected chi connectivity index (χ0v) is 24.8. The predicted octanol–water partition coefficient (Wildman–Crippen LogP) is -8.44. The average molecular weight is 660 g/mol. The summed E-state index contributed by atoms with van der Waals surface area (Å²) < 4.78 is 34.3. The molecule has 20 nitrogen and oxygen atoms in total. The summed E-state index contributed by atoms with van der Waals surface area (Å²) in [6.45, 7) is -1.04. The molecule has 3 rings (SSSR count). The number of aliphatic hydroxyl groups is 8. The fourth-order valence-corrected chi connectivity index (χ4v) is 5.23. The summed E-state index contributed by atoms with van der Waals surface area (Å²) in [7, 11) is 0. The summed E-state index contributed by atoms with van der Waals surface area (Å²) in [5, 5.41) is 83.5. The van der Waals surface area contributed by atoms with Gasteiger partial charge in [0.2, 0.25) is 5.91 Å². The molecule has 3 aliphatic heterocycles. The summed E-state index contributed by atoms with van der Waals surface area (Å²) in [5.41, 5.74) is 24.1. The van der Waals surface area contributed by atoms with Crippen LogP contribution in [0.15, 0.2) is 0 Å². The fourth-order valence-electron chi connectivity index (χ4n) is 5.23. The van der Waals surface area contributed by atoms with Crippen molar-refractivity contribution in [1.82, 2.24) is 5.32 Å². The Balaban J connectivity index is 1.70. The van der Waals surface area contributed by atoms with E-state index in [0.29, 0.717) is 0 Å². The molecule has 0 bridgehead atoms. The van der Waals surface area contributed by atoms with Gasteiger partial charge in [0.15, 0.2) is 18.9 Å². The highest BCUT2D eigenvalue weighted by Crippen LogP contribution is 2.30. The molecule has 0 aromatic rings. The zero-order valence-electron chi connectivity index (χ0n) is 24.8. The number of ether oxygens (including phenoxy) is 6. The van der Waals surface area contributed by atoms with Crippen LogP contribution in [0.1, 0.15) is 13.3 Å². The van der Waals surface area contributed by atoms with E-state index in [9.17, 15) is 45.6 Å². The third-order valence-electron chi connectivity index (χ3n) is 8.01. The molecule has 0 radical (unpaired) electrons. The Morgan fingerprint density at radius 3 is 1.93 bits per heavy atom. The molecule has 0 aliphatic carbocycles. The van der Waals surface area contributed by atoms with Gasteiger partial charge in [-0.1, -0.05) is 0 Å². The Morgan fingerprint density at radius 1 is 0.800 bits per heavy atom. The number of hydrogen-bond donors (Lipinski definition) is 13. The fraction of sp³-hybridized carbons (Fsp3) is 0.960. The van der Waals surface area contributed by atoms with Gasteiger partial charge in [0.1, 0.15) is 54.9 Å². The van der Waals surface area contributed by atoms with Gasteiger partial charge in [-0.15, -0.1) is 0 Å². The lowest BCUT2D eigenvalue weighted by Gasteiger charge is -2.42. The number of amides is 1. The second-order valence-corrected chi connectivity index (χ2v) is 11.5. The maximum absolute atomic E-state index is 11.3. The van der Waals surface area contributed by atoms with E-state index in [1.165, 1.54) is 6.92 Å². The van der Waals surface area contributed by atoms with Gasteiger partial charge in [-0.05, 0) is 6.42 Å². The third kappa shape index (κ3) is 9.43. The molecule has 45 heavy (non-hydrogen) atoms. The second kappa shape index (κ2) is 17.2. The SMILES string of the molecule is CC(=O)NCC1O[C@H](OC2[C@@H](CO)O[C@@H](OC[C@H](O[C@H]3OC(CO)[C@@H](O)[C@H](O)C3N)C(N)C[C@@H](N)CO)[C@H]2O)[C@@H](N)C(O)[C@@H]1O. The second-order valence-electron chi connectivity index (χ2n) is 11.5. The van der Waals surface area contributed by atoms with Crippen molar-refractivity contribution < 1.29 is 74.1 Å². The van der Waals surface area contributed by atoms with Crippen molar-refractivity contribution in [3.05, 3.63) is 0 Å². The number of nitrogens with two attached hydrogens (primary N) is 4. The van der Waals surface area contributed by atoms with Gasteiger partial charge in [-0.2, -0.15) is 0 Å². The summed E-state index contributed by atoms with van der Waals surface area (Å²) >= 11 is 0. The first-order valence-corrected chi connectivity index (χ1v) is 14.6. The number of hydrogen-bond acceptors (Lipinski definition) is 19. The number of carbonyl (C=O) groups excluding carboxylic acids is 1. The number of aliphatic hydroxyl groups excluding tert-OH is 8. The summed E-state index contributed by atoms with van der Waals surface area (Å²) in [6, 6.07) is -4.24. The molecule has 264 valence electrons. The number of rotatable bonds is 15. The molecule has 17 atom stereocenters. The Labute approximate surface area is 259 Å². The van der Waals surface area contributed by atoms with E-state index in [4.69, 9.17) is 51.4 Å². The number of carbonyl (C=O) groups is 1. The highest BCUT2D eigenvalue weighted by molar-refractivity contribution is 5.72. The minimum absolute atomic E-state index is 0.0188. The summed E-state index contributed by atoms with van der Waals surface area (Å²) in [5.74, 6) is -0.410. The van der Waals surface area contributed by atoms with E-state index in [2.05, 4.69) is 5.32 Å². The largest absolute Gasteiger partial charge is 0.395 e. The molecular weight excluding hydrogens is 610 g/mol. The number of nitrogens with one attached hydrogen (secondary N) is 1. The van der Waals surface area contributed by atoms with Crippen LogP contribution in [0.5, 0.6) is 0 Å². The van der Waals surface area contributed by atoms with Crippen LogP contribution in [0.3, 0.4) is 0 Å². The van der Waals surface area contributed by atoms with E-state index in [1.54, 1.807) is 0 Å². The smallest absolute Gasteiger partial charge is 0.216 e. The zero-order chi connectivity index (χ0) is 33.6. The predicted molar refractivity (Wildman–Crippen MR) is 148 cm³/mol. The molecule has 0 aromatic carbocycles. The van der Waals surface area contributed by atoms with Crippen molar-refractivity contribution in [3.63, 3.8) is 0 Å². The van der Waals surface area contributed by atoms with Crippen LogP contribution >= 0.6 is 0 Å². The maximum Gasteiger partial charge on any atom is 0.216 e. The highest BCUT2D eigenvalue weighted by Gasteiger charge is 2.51. The lowest BCUT2D eigenvalue weighted by atomic mass is 9.97. The molecule has 0 aromatic heterocycles. The van der Waals surface area contributed by atoms with E-state index in [-0.39, 0.29) is 13.0 Å². The molecule has 1 amide bonds. The molecule has 3 saturated heterocycles. The first-order valence-electron chi connectivity index (χ1n) is 14.6. The lowest BCUT2D eigenvalue weighted by Crippen LogP contribution is -2.64. The van der Waals surface area contributed by atoms with Crippen LogP contribution in [0.2, 0.25) is 0 Å². The minimum atomic E-state index is -1.57. The summed E-state index contributed by atoms with van der Waals surface area (Å²) in [4.78, 5) is 11.3. The lowest BCUT2D eigenvalue weighted by molar-refractivity contribution is -0.288. The van der Waals surface area contributed by atoms with Crippen LogP contribution in [-0.2, 0) is 33.2 Å². The van der Waals surface area contributed by atoms with Crippen LogP contribution in [-0.4, -0.2) is 184 Å². The maximum atomic E-state index is 11.3. The van der Waals surface area contributed by atoms with Crippen molar-refractivity contribution >= 4 is 5.91 Å². The van der Waals surface area contributed by atoms with Crippen molar-refractivity contribution in [2.75, 3.05) is 33.0 Å². The molecule has 20 heteroatoms. The Bertz CT molecular complexity index is 913. The van der Waals surface area contributed by atoms with Crippen LogP contribution in [0, 0.1) is 0 Å². The van der Waals surface area contributed by atoms with Gasteiger partial charge >= 0.3 is 0 Å². The molecule has 3 aliphatic rings. The van der Waals surface area contributed by atoms with E-state index in [0.717, 1.165) is 0 Å². The summed E-state index contributed by atoms with van der Waals surface area (Å²) in [6.07, 6.45) is -17.7. The topological polar surface area (TPSA) is 350 Å². The van der Waals surface area contributed by atoms with Crippen LogP contribution < -0.4 is 28.3 Å². The van der Waals surface area contributed by atoms with Crippen LogP contribution in [0.25, 0.3) is 0 Å². The third-order valence-corrected chi connectivity index (χ3v) is 8.01. The first kappa shape index (κ1) is 38.2. The van der Waals surface area contributed by atoms with E-state index >= 15 is 0 Å². The van der Waals surface area contributed by atoms with Crippen molar-refractivity contribution in [2.24, 2.45) is 22.9 Å². The normalized spacial score (nSPS) is 42.7. The van der Waals surface area contributed by atoms with Gasteiger partial charge in [0.25, 0.3) is 0 Å². The molecule has 17 N–H and O–H groups in total. The standard InChI is InChI=1S/C25H49N5O15/c1-8(34)30-3-11-17(35)19(37)16(29)24(41-11)45-22-13(6-33)43-25(21(22)39)40-7-14(10(27)2-9(26)4-31)44-23-15(28)20(38)18(36)12(5-32)42-23/h9-25,31-33,35-39H,2-7,26-29H2,1H3,(H,30,34)/t9-,10?,11?,12?,13-,14+,15?,16+,17-,18-,19?,20-,21+,22?,23-,24-,25-/m1/s1. The monoisotopic (exact) mass is 659 g/mol. The molecule has 0 spiro atoms. The minimum Gasteiger partial charge on any atom is -0.395 e. The highest BCUT2D eigenvalue weighted by atomic mass is 16.8. The van der Waals surface area contributed by atoms with Gasteiger partial charge in [0.05, 0.1) is 44.6 Å². The quantitative estimate of drug-likeness (QED) is 0.0775. The van der Waals surface area contributed by atoms with Crippen molar-refractivity contribution in [3.8, 4) is 0 Å². The van der Waals surface area contributed by atoms with Crippen molar-refractivity contribution in [1.29, 1.82) is 0 Å². The first-order chi connectivity index (χ1) is 21.2. The molecule has 6 unspecified atom stereocenters. The Kier molecular flexibility index (Phi) is 14.6. The average Bonchev–Trinajstić information content (AvgIpc) is 3.31. The van der Waals surface area contributed by atoms with Crippen molar-refractivity contribution in [2.45, 2.75) is 117 Å². The van der Waals surface area contributed by atoms with Gasteiger partial charge in [0, 0.05) is 25.6 Å². The van der Waals surface area contributed by atoms with Gasteiger partial charge < -0.3 is 97.5 Å². The molecule has 3 fully saturated rings. The molecular formula is C25H49N5O15. The van der Waals surface area contributed by atoms with Crippen LogP contribution in [0.4, 0.5) is 0 Å². The van der Waals surface area contributed by atoms with Gasteiger partial charge in [-0.3, -0.25) is 4.79 Å². The van der Waals surface area contributed by atoms with Gasteiger partial charge in [-0.25, -0.2) is 0 Å². The Morgan fingerprint density at radius 2 is 1.36 bits per heavy atom.